The SMILES string of the molecule is CCCC(CN)C(=O)Nc1cccc(CCCO)c1. The van der Waals surface area contributed by atoms with Crippen LogP contribution in [0, 0.1) is 5.92 Å². The van der Waals surface area contributed by atoms with Crippen molar-refractivity contribution in [2.24, 2.45) is 11.7 Å². The van der Waals surface area contributed by atoms with E-state index in [1.54, 1.807) is 0 Å². The van der Waals surface area contributed by atoms with Crippen molar-refractivity contribution in [3.63, 3.8) is 0 Å². The molecule has 0 bridgehead atoms. The number of hydrogen-bond donors (Lipinski definition) is 3. The molecule has 0 saturated heterocycles. The summed E-state index contributed by atoms with van der Waals surface area (Å²) in [7, 11) is 0. The fourth-order valence-corrected chi connectivity index (χ4v) is 2.04. The van der Waals surface area contributed by atoms with E-state index in [9.17, 15) is 4.79 Å². The van der Waals surface area contributed by atoms with Crippen molar-refractivity contribution in [3.05, 3.63) is 29.8 Å². The van der Waals surface area contributed by atoms with Gasteiger partial charge in [0.1, 0.15) is 0 Å². The summed E-state index contributed by atoms with van der Waals surface area (Å²) in [5.41, 5.74) is 7.54. The van der Waals surface area contributed by atoms with Gasteiger partial charge in [0.05, 0.1) is 5.92 Å². The molecule has 0 aromatic heterocycles. The van der Waals surface area contributed by atoms with Gasteiger partial charge in [0.2, 0.25) is 5.91 Å². The highest BCUT2D eigenvalue weighted by molar-refractivity contribution is 5.92. The lowest BCUT2D eigenvalue weighted by Crippen LogP contribution is -2.29. The Morgan fingerprint density at radius 3 is 2.89 bits per heavy atom. The number of rotatable bonds is 8. The lowest BCUT2D eigenvalue weighted by molar-refractivity contribution is -0.119. The fraction of sp³-hybridized carbons (Fsp3) is 0.533. The van der Waals surface area contributed by atoms with Gasteiger partial charge in [-0.2, -0.15) is 0 Å². The van der Waals surface area contributed by atoms with Gasteiger partial charge in [-0.1, -0.05) is 25.5 Å². The van der Waals surface area contributed by atoms with Gasteiger partial charge in [-0.05, 0) is 37.0 Å². The molecule has 1 atom stereocenters. The van der Waals surface area contributed by atoms with Gasteiger partial charge < -0.3 is 16.2 Å². The highest BCUT2D eigenvalue weighted by atomic mass is 16.2. The molecule has 0 heterocycles. The Labute approximate surface area is 115 Å². The van der Waals surface area contributed by atoms with Crippen LogP contribution < -0.4 is 11.1 Å². The smallest absolute Gasteiger partial charge is 0.228 e. The maximum atomic E-state index is 12.0. The number of carbonyl (C=O) groups excluding carboxylic acids is 1. The summed E-state index contributed by atoms with van der Waals surface area (Å²) in [5, 5.41) is 11.7. The summed E-state index contributed by atoms with van der Waals surface area (Å²) in [4.78, 5) is 12.0. The summed E-state index contributed by atoms with van der Waals surface area (Å²) < 4.78 is 0. The predicted octanol–water partition coefficient (Wildman–Crippen LogP) is 1.93. The second-order valence-corrected chi connectivity index (χ2v) is 4.74. The van der Waals surface area contributed by atoms with Crippen molar-refractivity contribution in [2.45, 2.75) is 32.6 Å². The molecule has 0 aliphatic rings. The zero-order chi connectivity index (χ0) is 14.1. The van der Waals surface area contributed by atoms with E-state index in [0.29, 0.717) is 6.54 Å². The first-order valence-corrected chi connectivity index (χ1v) is 6.92. The average Bonchev–Trinajstić information content (AvgIpc) is 2.42. The molecule has 19 heavy (non-hydrogen) atoms. The molecule has 0 saturated carbocycles. The van der Waals surface area contributed by atoms with Gasteiger partial charge in [-0.25, -0.2) is 0 Å². The van der Waals surface area contributed by atoms with Crippen LogP contribution in [0.2, 0.25) is 0 Å². The van der Waals surface area contributed by atoms with E-state index >= 15 is 0 Å². The van der Waals surface area contributed by atoms with Crippen molar-refractivity contribution in [1.29, 1.82) is 0 Å². The van der Waals surface area contributed by atoms with E-state index in [1.165, 1.54) is 0 Å². The number of amides is 1. The van der Waals surface area contributed by atoms with Crippen LogP contribution >= 0.6 is 0 Å². The molecule has 106 valence electrons. The van der Waals surface area contributed by atoms with E-state index in [4.69, 9.17) is 10.8 Å². The Morgan fingerprint density at radius 1 is 1.47 bits per heavy atom. The van der Waals surface area contributed by atoms with Crippen LogP contribution in [0.1, 0.15) is 31.7 Å². The quantitative estimate of drug-likeness (QED) is 0.671. The summed E-state index contributed by atoms with van der Waals surface area (Å²) in [6.07, 6.45) is 3.31. The molecule has 4 nitrogen and oxygen atoms in total. The van der Waals surface area contributed by atoms with Crippen LogP contribution in [0.5, 0.6) is 0 Å². The first-order chi connectivity index (χ1) is 9.21. The van der Waals surface area contributed by atoms with Crippen LogP contribution in [-0.4, -0.2) is 24.2 Å². The second kappa shape index (κ2) is 8.67. The first-order valence-electron chi connectivity index (χ1n) is 6.92. The number of aryl methyl sites for hydroxylation is 1. The number of anilines is 1. The number of aliphatic hydroxyl groups is 1. The molecule has 1 rings (SSSR count). The molecule has 1 unspecified atom stereocenters. The Bertz CT molecular complexity index is 393. The maximum absolute atomic E-state index is 12.0. The maximum Gasteiger partial charge on any atom is 0.228 e. The molecule has 1 amide bonds. The Balaban J connectivity index is 2.62. The van der Waals surface area contributed by atoms with Crippen molar-refractivity contribution < 1.29 is 9.90 Å². The van der Waals surface area contributed by atoms with E-state index in [1.807, 2.05) is 31.2 Å². The highest BCUT2D eigenvalue weighted by Gasteiger charge is 2.15. The molecule has 1 aromatic rings. The van der Waals surface area contributed by atoms with Gasteiger partial charge in [0.25, 0.3) is 0 Å². The van der Waals surface area contributed by atoms with Crippen LogP contribution in [0.25, 0.3) is 0 Å². The third kappa shape index (κ3) is 5.41. The lowest BCUT2D eigenvalue weighted by Gasteiger charge is -2.14. The van der Waals surface area contributed by atoms with E-state index in [0.717, 1.165) is 36.9 Å². The Hall–Kier alpha value is -1.39. The highest BCUT2D eigenvalue weighted by Crippen LogP contribution is 2.14. The third-order valence-electron chi connectivity index (χ3n) is 3.11. The summed E-state index contributed by atoms with van der Waals surface area (Å²) in [5.74, 6) is -0.130. The number of hydrogen-bond acceptors (Lipinski definition) is 3. The topological polar surface area (TPSA) is 75.4 Å². The van der Waals surface area contributed by atoms with Crippen LogP contribution in [-0.2, 0) is 11.2 Å². The van der Waals surface area contributed by atoms with Crippen LogP contribution in [0.15, 0.2) is 24.3 Å². The standard InChI is InChI=1S/C15H24N2O2/c1-2-5-13(11-16)15(19)17-14-8-3-6-12(10-14)7-4-9-18/h3,6,8,10,13,18H,2,4-5,7,9,11,16H2,1H3,(H,17,19). The monoisotopic (exact) mass is 264 g/mol. The lowest BCUT2D eigenvalue weighted by atomic mass is 10.0. The third-order valence-corrected chi connectivity index (χ3v) is 3.11. The zero-order valence-electron chi connectivity index (χ0n) is 11.6. The van der Waals surface area contributed by atoms with Gasteiger partial charge in [-0.3, -0.25) is 4.79 Å². The molecular weight excluding hydrogens is 240 g/mol. The van der Waals surface area contributed by atoms with Crippen LogP contribution in [0.4, 0.5) is 5.69 Å². The number of benzene rings is 1. The van der Waals surface area contributed by atoms with E-state index < -0.39 is 0 Å². The number of carbonyl (C=O) groups is 1. The van der Waals surface area contributed by atoms with Gasteiger partial charge in [0, 0.05) is 18.8 Å². The van der Waals surface area contributed by atoms with Gasteiger partial charge in [-0.15, -0.1) is 0 Å². The fourth-order valence-electron chi connectivity index (χ4n) is 2.04. The van der Waals surface area contributed by atoms with Crippen molar-refractivity contribution >= 4 is 11.6 Å². The molecule has 0 radical (unpaired) electrons. The normalized spacial score (nSPS) is 12.2. The molecule has 4 N–H and O–H groups in total. The van der Waals surface area contributed by atoms with E-state index in [-0.39, 0.29) is 18.4 Å². The first kappa shape index (κ1) is 15.7. The van der Waals surface area contributed by atoms with E-state index in [2.05, 4.69) is 5.32 Å². The van der Waals surface area contributed by atoms with Crippen LogP contribution in [0.3, 0.4) is 0 Å². The minimum absolute atomic E-state index is 0.0105. The molecule has 0 aliphatic carbocycles. The minimum Gasteiger partial charge on any atom is -0.396 e. The van der Waals surface area contributed by atoms with Crippen molar-refractivity contribution in [3.8, 4) is 0 Å². The largest absolute Gasteiger partial charge is 0.396 e. The summed E-state index contributed by atoms with van der Waals surface area (Å²) >= 11 is 0. The molecule has 4 heteroatoms. The zero-order valence-corrected chi connectivity index (χ0v) is 11.6. The Morgan fingerprint density at radius 2 is 2.26 bits per heavy atom. The molecule has 1 aromatic carbocycles. The predicted molar refractivity (Wildman–Crippen MR) is 77.9 cm³/mol. The van der Waals surface area contributed by atoms with Crippen molar-refractivity contribution in [1.82, 2.24) is 0 Å². The molecule has 0 spiro atoms. The minimum atomic E-state index is -0.119. The number of aliphatic hydroxyl groups excluding tert-OH is 1. The van der Waals surface area contributed by atoms with Crippen molar-refractivity contribution in [2.75, 3.05) is 18.5 Å². The second-order valence-electron chi connectivity index (χ2n) is 4.74. The van der Waals surface area contributed by atoms with Gasteiger partial charge >= 0.3 is 0 Å². The number of nitrogens with one attached hydrogen (secondary N) is 1. The summed E-state index contributed by atoms with van der Waals surface area (Å²) in [6.45, 7) is 2.61. The number of nitrogens with two attached hydrogens (primary N) is 1. The molecule has 0 fully saturated rings. The Kier molecular flexibility index (Phi) is 7.15. The van der Waals surface area contributed by atoms with Gasteiger partial charge in [0.15, 0.2) is 0 Å². The molecule has 0 aliphatic heterocycles. The average molecular weight is 264 g/mol. The molecular formula is C15H24N2O2. The summed E-state index contributed by atoms with van der Waals surface area (Å²) in [6, 6.07) is 7.74.